The van der Waals surface area contributed by atoms with Crippen LogP contribution in [-0.2, 0) is 28.7 Å². The summed E-state index contributed by atoms with van der Waals surface area (Å²) in [7, 11) is 0. The van der Waals surface area contributed by atoms with E-state index in [1.807, 2.05) is 6.07 Å². The lowest BCUT2D eigenvalue weighted by Gasteiger charge is -2.45. The number of hydrogen-bond acceptors (Lipinski definition) is 8. The average molecular weight is 448 g/mol. The Kier molecular flexibility index (Phi) is 6.73. The molecule has 2 aliphatic heterocycles. The molecule has 2 heterocycles. The Hall–Kier alpha value is -3.14. The van der Waals surface area contributed by atoms with Gasteiger partial charge < -0.3 is 29.5 Å². The fourth-order valence-electron chi connectivity index (χ4n) is 3.77. The number of fused-ring (bicyclic) bond motifs is 1. The van der Waals surface area contributed by atoms with Crippen LogP contribution in [0.3, 0.4) is 0 Å². The molecule has 2 saturated heterocycles. The first-order valence-electron chi connectivity index (χ1n) is 10.3. The maximum absolute atomic E-state index is 12.6. The summed E-state index contributed by atoms with van der Waals surface area (Å²) in [5.41, 5.74) is -0.753. The maximum atomic E-state index is 12.6. The number of β-lactam (4-membered cyclic amide) rings is 1. The van der Waals surface area contributed by atoms with Crippen molar-refractivity contribution in [1.29, 1.82) is 0 Å². The van der Waals surface area contributed by atoms with E-state index >= 15 is 0 Å². The zero-order valence-corrected chi connectivity index (χ0v) is 18.4. The molecule has 5 atom stereocenters. The molecule has 174 valence electrons. The molecule has 0 spiro atoms. The van der Waals surface area contributed by atoms with Gasteiger partial charge in [0.05, 0.1) is 17.6 Å². The summed E-state index contributed by atoms with van der Waals surface area (Å²) in [5.74, 6) is -2.47. The van der Waals surface area contributed by atoms with Crippen molar-refractivity contribution in [2.45, 2.75) is 51.9 Å². The van der Waals surface area contributed by atoms with Gasteiger partial charge in [0, 0.05) is 5.92 Å². The first-order chi connectivity index (χ1) is 15.0. The predicted octanol–water partition coefficient (Wildman–Crippen LogP) is 0.230. The second kappa shape index (κ2) is 9.15. The van der Waals surface area contributed by atoms with Crippen molar-refractivity contribution < 1.29 is 38.5 Å². The van der Waals surface area contributed by atoms with Crippen LogP contribution in [0.1, 0.15) is 27.7 Å². The van der Waals surface area contributed by atoms with Crippen molar-refractivity contribution in [1.82, 2.24) is 10.2 Å². The molecule has 2 amide bonds. The number of ether oxygens (including phenoxy) is 3. The molecule has 1 aromatic rings. The quantitative estimate of drug-likeness (QED) is 0.344. The van der Waals surface area contributed by atoms with Crippen LogP contribution in [0.2, 0.25) is 0 Å². The van der Waals surface area contributed by atoms with Crippen LogP contribution < -0.4 is 10.1 Å². The number of rotatable bonds is 7. The number of hydrogen-bond donors (Lipinski definition) is 2. The molecule has 0 bridgehead atoms. The molecule has 2 aliphatic rings. The third-order valence-corrected chi connectivity index (χ3v) is 5.54. The summed E-state index contributed by atoms with van der Waals surface area (Å²) < 4.78 is 15.3. The molecule has 32 heavy (non-hydrogen) atoms. The van der Waals surface area contributed by atoms with Gasteiger partial charge in [0.2, 0.25) is 12.7 Å². The summed E-state index contributed by atoms with van der Waals surface area (Å²) in [5, 5.41) is 13.1. The fourth-order valence-corrected chi connectivity index (χ4v) is 3.77. The van der Waals surface area contributed by atoms with Crippen molar-refractivity contribution in [2.75, 3.05) is 13.4 Å². The van der Waals surface area contributed by atoms with E-state index in [1.54, 1.807) is 52.0 Å². The average Bonchev–Trinajstić information content (AvgIpc) is 2.98. The molecule has 1 aromatic carbocycles. The molecule has 2 fully saturated rings. The van der Waals surface area contributed by atoms with Crippen molar-refractivity contribution >= 4 is 23.8 Å². The van der Waals surface area contributed by atoms with Gasteiger partial charge in [-0.1, -0.05) is 25.1 Å². The van der Waals surface area contributed by atoms with Gasteiger partial charge in [-0.2, -0.15) is 0 Å². The molecule has 0 saturated carbocycles. The molecule has 2 N–H and O–H groups in total. The lowest BCUT2D eigenvalue weighted by Crippen LogP contribution is -2.73. The van der Waals surface area contributed by atoms with Crippen LogP contribution in [0.25, 0.3) is 0 Å². The van der Waals surface area contributed by atoms with Crippen LogP contribution >= 0.6 is 0 Å². The molecule has 0 aliphatic carbocycles. The zero-order valence-electron chi connectivity index (χ0n) is 18.4. The molecular weight excluding hydrogens is 420 g/mol. The third-order valence-electron chi connectivity index (χ3n) is 5.54. The Morgan fingerprint density at radius 3 is 2.41 bits per heavy atom. The van der Waals surface area contributed by atoms with E-state index in [9.17, 15) is 24.3 Å². The summed E-state index contributed by atoms with van der Waals surface area (Å²) in [4.78, 5) is 50.4. The molecule has 1 unspecified atom stereocenters. The van der Waals surface area contributed by atoms with E-state index < -0.39 is 66.1 Å². The Balaban J connectivity index is 1.54. The highest BCUT2D eigenvalue weighted by molar-refractivity contribution is 5.98. The molecular formula is C22H28N2O8. The molecule has 0 radical (unpaired) electrons. The second-order valence-electron chi connectivity index (χ2n) is 8.94. The van der Waals surface area contributed by atoms with E-state index in [0.29, 0.717) is 5.75 Å². The minimum Gasteiger partial charge on any atom is -0.484 e. The number of carbonyl (C=O) groups is 4. The van der Waals surface area contributed by atoms with E-state index in [-0.39, 0.29) is 6.61 Å². The van der Waals surface area contributed by atoms with Gasteiger partial charge in [-0.25, -0.2) is 4.79 Å². The van der Waals surface area contributed by atoms with Crippen molar-refractivity contribution in [3.05, 3.63) is 30.3 Å². The molecule has 0 aromatic heterocycles. The van der Waals surface area contributed by atoms with Crippen LogP contribution in [0.4, 0.5) is 0 Å². The Morgan fingerprint density at radius 2 is 1.78 bits per heavy atom. The number of benzene rings is 1. The monoisotopic (exact) mass is 448 g/mol. The summed E-state index contributed by atoms with van der Waals surface area (Å²) >= 11 is 0. The molecule has 10 nitrogen and oxygen atoms in total. The van der Waals surface area contributed by atoms with Crippen LogP contribution in [-0.4, -0.2) is 71.4 Å². The Morgan fingerprint density at radius 1 is 1.12 bits per heavy atom. The standard InChI is InChI=1S/C22H28N2O8/c1-12-16(20(28)31-11-32-21(29)22(2,3)4)24-17(18(12)26)15(19(24)27)23-14(25)10-30-13-8-6-5-7-9-13/h5-9,12,15-18,26H,10-11H2,1-4H3,(H,23,25)/t12-,15+,16-,17+,18?/m1/s1. The zero-order chi connectivity index (χ0) is 23.6. The number of esters is 2. The third kappa shape index (κ3) is 4.69. The van der Waals surface area contributed by atoms with Gasteiger partial charge in [-0.05, 0) is 32.9 Å². The van der Waals surface area contributed by atoms with E-state index in [4.69, 9.17) is 14.2 Å². The van der Waals surface area contributed by atoms with E-state index in [1.165, 1.54) is 4.90 Å². The molecule has 10 heteroatoms. The highest BCUT2D eigenvalue weighted by Gasteiger charge is 2.64. The van der Waals surface area contributed by atoms with Crippen LogP contribution in [0.15, 0.2) is 30.3 Å². The lowest BCUT2D eigenvalue weighted by atomic mass is 9.92. The summed E-state index contributed by atoms with van der Waals surface area (Å²) in [6, 6.07) is 5.98. The molecule has 3 rings (SSSR count). The van der Waals surface area contributed by atoms with E-state index in [2.05, 4.69) is 5.32 Å². The first kappa shape index (κ1) is 23.5. The fraction of sp³-hybridized carbons (Fsp3) is 0.545. The van der Waals surface area contributed by atoms with Crippen molar-refractivity contribution in [2.24, 2.45) is 11.3 Å². The highest BCUT2D eigenvalue weighted by atomic mass is 16.7. The SMILES string of the molecule is C[C@H]1C(O)[C@@H]2[C@H](NC(=O)COc3ccccc3)C(=O)N2[C@H]1C(=O)OCOC(=O)C(C)(C)C. The number of aliphatic hydroxyl groups is 1. The minimum atomic E-state index is -1.04. The number of nitrogens with one attached hydrogen (secondary N) is 1. The Labute approximate surface area is 185 Å². The van der Waals surface area contributed by atoms with Gasteiger partial charge in [-0.3, -0.25) is 14.4 Å². The minimum absolute atomic E-state index is 0.295. The number of nitrogens with zero attached hydrogens (tertiary/aromatic N) is 1. The Bertz CT molecular complexity index is 882. The summed E-state index contributed by atoms with van der Waals surface area (Å²) in [6.07, 6.45) is -1.04. The number of amides is 2. The smallest absolute Gasteiger partial charge is 0.332 e. The van der Waals surface area contributed by atoms with Gasteiger partial charge in [0.25, 0.3) is 5.91 Å². The summed E-state index contributed by atoms with van der Waals surface area (Å²) in [6.45, 7) is 5.72. The van der Waals surface area contributed by atoms with Gasteiger partial charge >= 0.3 is 11.9 Å². The van der Waals surface area contributed by atoms with E-state index in [0.717, 1.165) is 0 Å². The first-order valence-corrected chi connectivity index (χ1v) is 10.3. The largest absolute Gasteiger partial charge is 0.484 e. The highest BCUT2D eigenvalue weighted by Crippen LogP contribution is 2.40. The predicted molar refractivity (Wildman–Crippen MR) is 110 cm³/mol. The van der Waals surface area contributed by atoms with Crippen LogP contribution in [0, 0.1) is 11.3 Å². The van der Waals surface area contributed by atoms with Gasteiger partial charge in [0.15, 0.2) is 6.61 Å². The van der Waals surface area contributed by atoms with Crippen LogP contribution in [0.5, 0.6) is 5.75 Å². The lowest BCUT2D eigenvalue weighted by molar-refractivity contribution is -0.180. The maximum Gasteiger partial charge on any atom is 0.332 e. The number of para-hydroxylation sites is 1. The van der Waals surface area contributed by atoms with Gasteiger partial charge in [-0.15, -0.1) is 0 Å². The number of carbonyl (C=O) groups excluding carboxylic acids is 4. The topological polar surface area (TPSA) is 131 Å². The number of aliphatic hydroxyl groups excluding tert-OH is 1. The second-order valence-corrected chi connectivity index (χ2v) is 8.94. The van der Waals surface area contributed by atoms with Crippen molar-refractivity contribution in [3.63, 3.8) is 0 Å². The normalized spacial score (nSPS) is 26.6. The van der Waals surface area contributed by atoms with Gasteiger partial charge in [0.1, 0.15) is 17.8 Å². The van der Waals surface area contributed by atoms with Crippen molar-refractivity contribution in [3.8, 4) is 5.75 Å².